The predicted octanol–water partition coefficient (Wildman–Crippen LogP) is 2.31. The molecular weight excluding hydrogens is 372 g/mol. The van der Waals surface area contributed by atoms with E-state index < -0.39 is 22.8 Å². The molecule has 1 aromatic heterocycles. The van der Waals surface area contributed by atoms with Crippen molar-refractivity contribution >= 4 is 23.5 Å². The minimum absolute atomic E-state index is 0.00575. The molecule has 8 nitrogen and oxygen atoms in total. The molecule has 1 aliphatic carbocycles. The van der Waals surface area contributed by atoms with E-state index in [0.717, 1.165) is 0 Å². The highest BCUT2D eigenvalue weighted by molar-refractivity contribution is 6.32. The number of amides is 1. The third kappa shape index (κ3) is 3.08. The number of rotatable bonds is 6. The molecule has 3 rings (SSSR count). The lowest BCUT2D eigenvalue weighted by Gasteiger charge is -2.58. The summed E-state index contributed by atoms with van der Waals surface area (Å²) in [5.41, 5.74) is -1.63. The lowest BCUT2D eigenvalue weighted by molar-refractivity contribution is -0.190. The number of carbonyl (C=O) groups is 2. The van der Waals surface area contributed by atoms with Gasteiger partial charge in [-0.1, -0.05) is 42.8 Å². The fourth-order valence-corrected chi connectivity index (χ4v) is 3.64. The van der Waals surface area contributed by atoms with Crippen LogP contribution in [0.1, 0.15) is 37.7 Å². The number of aromatic nitrogens is 3. The van der Waals surface area contributed by atoms with Gasteiger partial charge < -0.3 is 15.2 Å². The maximum absolute atomic E-state index is 12.7. The molecule has 1 aliphatic rings. The summed E-state index contributed by atoms with van der Waals surface area (Å²) in [7, 11) is 0. The number of nitrogens with zero attached hydrogens (tertiary/aromatic N) is 3. The number of para-hydroxylation sites is 1. The van der Waals surface area contributed by atoms with Gasteiger partial charge in [0.15, 0.2) is 5.69 Å². The Labute approximate surface area is 161 Å². The van der Waals surface area contributed by atoms with E-state index in [-0.39, 0.29) is 18.2 Å². The largest absolute Gasteiger partial charge is 0.479 e. The van der Waals surface area contributed by atoms with Crippen LogP contribution in [0.5, 0.6) is 0 Å². The third-order valence-electron chi connectivity index (χ3n) is 5.28. The zero-order valence-corrected chi connectivity index (χ0v) is 16.0. The van der Waals surface area contributed by atoms with Gasteiger partial charge in [-0.3, -0.25) is 4.79 Å². The molecule has 2 aromatic rings. The van der Waals surface area contributed by atoms with Gasteiger partial charge in [-0.25, -0.2) is 9.48 Å². The average molecular weight is 393 g/mol. The molecule has 0 radical (unpaired) electrons. The van der Waals surface area contributed by atoms with E-state index in [4.69, 9.17) is 16.3 Å². The predicted molar refractivity (Wildman–Crippen MR) is 98.0 cm³/mol. The van der Waals surface area contributed by atoms with Crippen LogP contribution in [0.2, 0.25) is 5.02 Å². The quantitative estimate of drug-likeness (QED) is 0.781. The van der Waals surface area contributed by atoms with E-state index in [1.807, 2.05) is 6.92 Å². The van der Waals surface area contributed by atoms with Crippen LogP contribution in [0.3, 0.4) is 0 Å². The van der Waals surface area contributed by atoms with Crippen LogP contribution >= 0.6 is 11.6 Å². The van der Waals surface area contributed by atoms with Crippen LogP contribution < -0.4 is 5.32 Å². The first kappa shape index (κ1) is 19.3. The molecule has 0 bridgehead atoms. The summed E-state index contributed by atoms with van der Waals surface area (Å²) in [6, 6.07) is 6.99. The van der Waals surface area contributed by atoms with Crippen molar-refractivity contribution in [2.24, 2.45) is 5.41 Å². The molecule has 1 fully saturated rings. The molecule has 1 saturated carbocycles. The van der Waals surface area contributed by atoms with Gasteiger partial charge in [-0.05, 0) is 19.1 Å². The molecule has 0 aliphatic heterocycles. The van der Waals surface area contributed by atoms with Crippen LogP contribution in [0, 0.1) is 5.41 Å². The maximum atomic E-state index is 12.7. The summed E-state index contributed by atoms with van der Waals surface area (Å²) in [6.07, 6.45) is 1.35. The summed E-state index contributed by atoms with van der Waals surface area (Å²) in [5.74, 6) is -1.71. The molecule has 2 N–H and O–H groups in total. The lowest BCUT2D eigenvalue weighted by Crippen LogP contribution is -2.76. The standard InChI is InChI=1S/C18H21ClN4O4/c1-4-27-14-9-18(16(25)26,17(14,2)3)20-15(24)12-10-23(22-21-12)13-8-6-5-7-11(13)19/h5-8,10,14H,4,9H2,1-3H3,(H,20,24)(H,25,26). The summed E-state index contributed by atoms with van der Waals surface area (Å²) in [5, 5.41) is 20.7. The van der Waals surface area contributed by atoms with Crippen molar-refractivity contribution < 1.29 is 19.4 Å². The molecule has 9 heteroatoms. The molecule has 1 heterocycles. The van der Waals surface area contributed by atoms with Crippen molar-refractivity contribution in [3.63, 3.8) is 0 Å². The van der Waals surface area contributed by atoms with E-state index in [9.17, 15) is 14.7 Å². The van der Waals surface area contributed by atoms with Gasteiger partial charge in [-0.2, -0.15) is 0 Å². The van der Waals surface area contributed by atoms with Crippen LogP contribution in [0.25, 0.3) is 5.69 Å². The van der Waals surface area contributed by atoms with Gasteiger partial charge in [0, 0.05) is 18.4 Å². The molecule has 1 aromatic carbocycles. The van der Waals surface area contributed by atoms with Gasteiger partial charge in [0.05, 0.1) is 23.0 Å². The number of carboxylic acids is 1. The van der Waals surface area contributed by atoms with Crippen molar-refractivity contribution in [3.05, 3.63) is 41.2 Å². The Morgan fingerprint density at radius 2 is 2.11 bits per heavy atom. The monoisotopic (exact) mass is 392 g/mol. The van der Waals surface area contributed by atoms with Gasteiger partial charge in [-0.15, -0.1) is 5.10 Å². The Morgan fingerprint density at radius 3 is 2.70 bits per heavy atom. The summed E-state index contributed by atoms with van der Waals surface area (Å²) < 4.78 is 6.97. The zero-order valence-electron chi connectivity index (χ0n) is 15.3. The summed E-state index contributed by atoms with van der Waals surface area (Å²) in [6.45, 7) is 5.87. The van der Waals surface area contributed by atoms with Crippen LogP contribution in [0.4, 0.5) is 0 Å². The van der Waals surface area contributed by atoms with Gasteiger partial charge in [0.25, 0.3) is 5.91 Å². The molecule has 1 amide bonds. The van der Waals surface area contributed by atoms with Crippen molar-refractivity contribution in [2.75, 3.05) is 6.61 Å². The second kappa shape index (κ2) is 6.94. The SMILES string of the molecule is CCOC1CC(NC(=O)c2cn(-c3ccccc3Cl)nn2)(C(=O)O)C1(C)C. The number of halogens is 1. The van der Waals surface area contributed by atoms with Crippen LogP contribution in [-0.4, -0.2) is 50.2 Å². The molecule has 0 spiro atoms. The van der Waals surface area contributed by atoms with Crippen molar-refractivity contribution in [1.82, 2.24) is 20.3 Å². The topological polar surface area (TPSA) is 106 Å². The van der Waals surface area contributed by atoms with E-state index in [0.29, 0.717) is 17.3 Å². The molecule has 27 heavy (non-hydrogen) atoms. The first-order valence-electron chi connectivity index (χ1n) is 8.57. The van der Waals surface area contributed by atoms with Crippen LogP contribution in [0.15, 0.2) is 30.5 Å². The summed E-state index contributed by atoms with van der Waals surface area (Å²) >= 11 is 6.13. The first-order valence-corrected chi connectivity index (χ1v) is 8.95. The van der Waals surface area contributed by atoms with Gasteiger partial charge >= 0.3 is 5.97 Å². The highest BCUT2D eigenvalue weighted by Crippen LogP contribution is 2.51. The number of nitrogens with one attached hydrogen (secondary N) is 1. The fraction of sp³-hybridized carbons (Fsp3) is 0.444. The lowest BCUT2D eigenvalue weighted by atomic mass is 9.54. The number of benzene rings is 1. The molecule has 2 unspecified atom stereocenters. The van der Waals surface area contributed by atoms with Crippen molar-refractivity contribution in [1.29, 1.82) is 0 Å². The Kier molecular flexibility index (Phi) is 4.96. The summed E-state index contributed by atoms with van der Waals surface area (Å²) in [4.78, 5) is 24.7. The normalized spacial score (nSPS) is 23.5. The van der Waals surface area contributed by atoms with Crippen LogP contribution in [-0.2, 0) is 9.53 Å². The number of ether oxygens (including phenoxy) is 1. The number of carbonyl (C=O) groups excluding carboxylic acids is 1. The smallest absolute Gasteiger partial charge is 0.330 e. The average Bonchev–Trinajstić information content (AvgIpc) is 3.10. The zero-order chi connectivity index (χ0) is 19.8. The Balaban J connectivity index is 1.83. The van der Waals surface area contributed by atoms with E-state index in [1.54, 1.807) is 38.1 Å². The Hall–Kier alpha value is -2.45. The Bertz CT molecular complexity index is 882. The molecular formula is C18H21ClN4O4. The second-order valence-corrected chi connectivity index (χ2v) is 7.44. The first-order chi connectivity index (χ1) is 12.7. The number of hydrogen-bond acceptors (Lipinski definition) is 5. The molecule has 144 valence electrons. The van der Waals surface area contributed by atoms with E-state index in [1.165, 1.54) is 10.9 Å². The maximum Gasteiger partial charge on any atom is 0.330 e. The second-order valence-electron chi connectivity index (χ2n) is 7.03. The highest BCUT2D eigenvalue weighted by Gasteiger charge is 2.66. The van der Waals surface area contributed by atoms with E-state index in [2.05, 4.69) is 15.6 Å². The number of aliphatic carboxylic acids is 1. The Morgan fingerprint density at radius 1 is 1.41 bits per heavy atom. The molecule has 0 saturated heterocycles. The van der Waals surface area contributed by atoms with Gasteiger partial charge in [0.1, 0.15) is 5.54 Å². The van der Waals surface area contributed by atoms with Gasteiger partial charge in [0.2, 0.25) is 0 Å². The third-order valence-corrected chi connectivity index (χ3v) is 5.60. The highest BCUT2D eigenvalue weighted by atomic mass is 35.5. The molecule has 2 atom stereocenters. The number of carboxylic acid groups (broad SMARTS) is 1. The fourth-order valence-electron chi connectivity index (χ4n) is 3.42. The van der Waals surface area contributed by atoms with Crippen molar-refractivity contribution in [2.45, 2.75) is 38.8 Å². The van der Waals surface area contributed by atoms with Crippen molar-refractivity contribution in [3.8, 4) is 5.69 Å². The minimum Gasteiger partial charge on any atom is -0.479 e. The van der Waals surface area contributed by atoms with E-state index >= 15 is 0 Å². The minimum atomic E-state index is -1.43. The number of hydrogen-bond donors (Lipinski definition) is 2.